The summed E-state index contributed by atoms with van der Waals surface area (Å²) in [6, 6.07) is 9.42. The third kappa shape index (κ3) is 4.13. The van der Waals surface area contributed by atoms with E-state index in [2.05, 4.69) is 5.32 Å². The van der Waals surface area contributed by atoms with E-state index in [0.29, 0.717) is 6.61 Å². The quantitative estimate of drug-likeness (QED) is 0.840. The molecule has 0 saturated heterocycles. The van der Waals surface area contributed by atoms with Gasteiger partial charge in [0.2, 0.25) is 0 Å². The molecule has 0 aliphatic carbocycles. The lowest BCUT2D eigenvalue weighted by Gasteiger charge is -2.27. The van der Waals surface area contributed by atoms with E-state index in [0.717, 1.165) is 5.56 Å². The Morgan fingerprint density at radius 2 is 1.89 bits per heavy atom. The van der Waals surface area contributed by atoms with Gasteiger partial charge in [-0.3, -0.25) is 4.79 Å². The first kappa shape index (κ1) is 14.7. The fraction of sp³-hybridized carbons (Fsp3) is 0.500. The lowest BCUT2D eigenvalue weighted by Crippen LogP contribution is -2.48. The number of nitrogens with one attached hydrogen (secondary N) is 1. The predicted octanol–water partition coefficient (Wildman–Crippen LogP) is 1.92. The van der Waals surface area contributed by atoms with Gasteiger partial charge in [0.05, 0.1) is 12.1 Å². The van der Waals surface area contributed by atoms with Crippen molar-refractivity contribution in [1.29, 1.82) is 0 Å². The molecule has 0 unspecified atom stereocenters. The molecule has 100 valence electrons. The minimum Gasteiger partial charge on any atom is -0.382 e. The van der Waals surface area contributed by atoms with Gasteiger partial charge in [-0.2, -0.15) is 0 Å². The molecule has 4 nitrogen and oxygen atoms in total. The molecular weight excluding hydrogens is 230 g/mol. The predicted molar refractivity (Wildman–Crippen MR) is 70.3 cm³/mol. The SMILES string of the molecule is COCC(C)(C)NC(=O)[C@H](OC)c1ccccc1. The minimum absolute atomic E-state index is 0.161. The van der Waals surface area contributed by atoms with Gasteiger partial charge < -0.3 is 14.8 Å². The molecule has 0 saturated carbocycles. The first-order valence-corrected chi connectivity index (χ1v) is 5.89. The van der Waals surface area contributed by atoms with Crippen LogP contribution >= 0.6 is 0 Å². The summed E-state index contributed by atoms with van der Waals surface area (Å²) >= 11 is 0. The van der Waals surface area contributed by atoms with Gasteiger partial charge in [0, 0.05) is 14.2 Å². The summed E-state index contributed by atoms with van der Waals surface area (Å²) in [7, 11) is 3.14. The van der Waals surface area contributed by atoms with Crippen LogP contribution in [0, 0.1) is 0 Å². The zero-order valence-corrected chi connectivity index (χ0v) is 11.4. The summed E-state index contributed by atoms with van der Waals surface area (Å²) in [6.07, 6.45) is -0.595. The van der Waals surface area contributed by atoms with Crippen molar-refractivity contribution in [3.8, 4) is 0 Å². The van der Waals surface area contributed by atoms with Gasteiger partial charge in [0.15, 0.2) is 6.10 Å². The molecule has 0 bridgehead atoms. The lowest BCUT2D eigenvalue weighted by molar-refractivity contribution is -0.133. The third-order valence-corrected chi connectivity index (χ3v) is 2.54. The van der Waals surface area contributed by atoms with E-state index in [1.54, 1.807) is 7.11 Å². The van der Waals surface area contributed by atoms with Gasteiger partial charge in [-0.1, -0.05) is 30.3 Å². The van der Waals surface area contributed by atoms with Crippen molar-refractivity contribution in [2.75, 3.05) is 20.8 Å². The molecule has 0 aliphatic heterocycles. The standard InChI is InChI=1S/C14H21NO3/c1-14(2,10-17-3)15-13(16)12(18-4)11-8-6-5-7-9-11/h5-9,12H,10H2,1-4H3,(H,15,16)/t12-/m1/s1. The first-order chi connectivity index (χ1) is 8.50. The summed E-state index contributed by atoms with van der Waals surface area (Å²) in [5, 5.41) is 2.92. The number of carbonyl (C=O) groups is 1. The average molecular weight is 251 g/mol. The van der Waals surface area contributed by atoms with E-state index in [1.165, 1.54) is 7.11 Å². The highest BCUT2D eigenvalue weighted by atomic mass is 16.5. The molecular formula is C14H21NO3. The monoisotopic (exact) mass is 251 g/mol. The summed E-state index contributed by atoms with van der Waals surface area (Å²) in [5.74, 6) is -0.161. The molecule has 0 aliphatic rings. The Morgan fingerprint density at radius 1 is 1.28 bits per heavy atom. The molecule has 18 heavy (non-hydrogen) atoms. The highest BCUT2D eigenvalue weighted by Crippen LogP contribution is 2.17. The van der Waals surface area contributed by atoms with Crippen molar-refractivity contribution in [2.24, 2.45) is 0 Å². The topological polar surface area (TPSA) is 47.6 Å². The maximum Gasteiger partial charge on any atom is 0.254 e. The molecule has 0 radical (unpaired) electrons. The van der Waals surface area contributed by atoms with E-state index in [4.69, 9.17) is 9.47 Å². The number of rotatable bonds is 6. The van der Waals surface area contributed by atoms with Crippen LogP contribution in [-0.4, -0.2) is 32.3 Å². The number of carbonyl (C=O) groups excluding carboxylic acids is 1. The second-order valence-corrected chi connectivity index (χ2v) is 4.83. The molecule has 4 heteroatoms. The van der Waals surface area contributed by atoms with Crippen LogP contribution in [0.5, 0.6) is 0 Å². The Bertz CT molecular complexity index is 376. The van der Waals surface area contributed by atoms with Gasteiger partial charge >= 0.3 is 0 Å². The lowest BCUT2D eigenvalue weighted by atomic mass is 10.0. The second kappa shape index (κ2) is 6.52. The van der Waals surface area contributed by atoms with Crippen LogP contribution in [0.15, 0.2) is 30.3 Å². The van der Waals surface area contributed by atoms with E-state index >= 15 is 0 Å². The molecule has 0 fully saturated rings. The Labute approximate surface area is 108 Å². The highest BCUT2D eigenvalue weighted by molar-refractivity contribution is 5.82. The fourth-order valence-corrected chi connectivity index (χ4v) is 1.82. The smallest absolute Gasteiger partial charge is 0.254 e. The van der Waals surface area contributed by atoms with E-state index in [1.807, 2.05) is 44.2 Å². The zero-order valence-electron chi connectivity index (χ0n) is 11.4. The molecule has 0 heterocycles. The highest BCUT2D eigenvalue weighted by Gasteiger charge is 2.26. The molecule has 1 rings (SSSR count). The molecule has 0 aromatic heterocycles. The number of hydrogen-bond acceptors (Lipinski definition) is 3. The van der Waals surface area contributed by atoms with Gasteiger partial charge in [0.25, 0.3) is 5.91 Å². The maximum absolute atomic E-state index is 12.2. The van der Waals surface area contributed by atoms with Crippen molar-refractivity contribution in [2.45, 2.75) is 25.5 Å². The van der Waals surface area contributed by atoms with Gasteiger partial charge in [-0.25, -0.2) is 0 Å². The fourth-order valence-electron chi connectivity index (χ4n) is 1.82. The zero-order chi connectivity index (χ0) is 13.6. The van der Waals surface area contributed by atoms with Crippen LogP contribution in [0.25, 0.3) is 0 Å². The average Bonchev–Trinajstić information content (AvgIpc) is 2.30. The van der Waals surface area contributed by atoms with Crippen LogP contribution in [0.3, 0.4) is 0 Å². The summed E-state index contributed by atoms with van der Waals surface area (Å²) in [4.78, 5) is 12.2. The Morgan fingerprint density at radius 3 is 2.39 bits per heavy atom. The van der Waals surface area contributed by atoms with Crippen molar-refractivity contribution in [3.05, 3.63) is 35.9 Å². The molecule has 1 N–H and O–H groups in total. The van der Waals surface area contributed by atoms with E-state index in [-0.39, 0.29) is 5.91 Å². The van der Waals surface area contributed by atoms with Crippen molar-refractivity contribution < 1.29 is 14.3 Å². The number of amides is 1. The first-order valence-electron chi connectivity index (χ1n) is 5.89. The van der Waals surface area contributed by atoms with Gasteiger partial charge in [-0.05, 0) is 19.4 Å². The third-order valence-electron chi connectivity index (χ3n) is 2.54. The Kier molecular flexibility index (Phi) is 5.31. The van der Waals surface area contributed by atoms with Crippen LogP contribution in [0.2, 0.25) is 0 Å². The Balaban J connectivity index is 2.75. The summed E-state index contributed by atoms with van der Waals surface area (Å²) in [6.45, 7) is 4.27. The largest absolute Gasteiger partial charge is 0.382 e. The van der Waals surface area contributed by atoms with Gasteiger partial charge in [-0.15, -0.1) is 0 Å². The number of hydrogen-bond donors (Lipinski definition) is 1. The van der Waals surface area contributed by atoms with Crippen molar-refractivity contribution in [3.63, 3.8) is 0 Å². The minimum atomic E-state index is -0.595. The van der Waals surface area contributed by atoms with Crippen LogP contribution in [0.4, 0.5) is 0 Å². The van der Waals surface area contributed by atoms with E-state index in [9.17, 15) is 4.79 Å². The molecule has 1 aromatic rings. The number of benzene rings is 1. The van der Waals surface area contributed by atoms with Crippen LogP contribution < -0.4 is 5.32 Å². The second-order valence-electron chi connectivity index (χ2n) is 4.83. The molecule has 1 atom stereocenters. The molecule has 0 spiro atoms. The van der Waals surface area contributed by atoms with Crippen LogP contribution in [-0.2, 0) is 14.3 Å². The molecule has 1 amide bonds. The summed E-state index contributed by atoms with van der Waals surface area (Å²) < 4.78 is 10.3. The van der Waals surface area contributed by atoms with Crippen LogP contribution in [0.1, 0.15) is 25.5 Å². The normalized spacial score (nSPS) is 13.1. The number of methoxy groups -OCH3 is 2. The number of ether oxygens (including phenoxy) is 2. The maximum atomic E-state index is 12.2. The van der Waals surface area contributed by atoms with E-state index < -0.39 is 11.6 Å². The van der Waals surface area contributed by atoms with Gasteiger partial charge in [0.1, 0.15) is 0 Å². The Hall–Kier alpha value is -1.39. The molecule has 1 aromatic carbocycles. The summed E-state index contributed by atoms with van der Waals surface area (Å²) in [5.41, 5.74) is 0.419. The van der Waals surface area contributed by atoms with Crippen molar-refractivity contribution >= 4 is 5.91 Å². The van der Waals surface area contributed by atoms with Crippen molar-refractivity contribution in [1.82, 2.24) is 5.32 Å².